The first-order valence-corrected chi connectivity index (χ1v) is 7.14. The van der Waals surface area contributed by atoms with Crippen molar-refractivity contribution in [3.63, 3.8) is 0 Å². The van der Waals surface area contributed by atoms with Gasteiger partial charge in [-0.05, 0) is 30.4 Å². The van der Waals surface area contributed by atoms with Gasteiger partial charge in [-0.2, -0.15) is 0 Å². The number of nitrogens with one attached hydrogen (secondary N) is 3. The van der Waals surface area contributed by atoms with Crippen molar-refractivity contribution >= 4 is 5.91 Å². The standard InChI is InChI=1S/C15H21N3O/c19-15(14-10-16-7-8-17-14)18-13-6-5-11-3-1-2-4-12(11)9-13/h1-4,13-14,16-17H,5-10H2,(H,18,19). The minimum Gasteiger partial charge on any atom is -0.352 e. The lowest BCUT2D eigenvalue weighted by Gasteiger charge is -2.29. The van der Waals surface area contributed by atoms with Crippen LogP contribution < -0.4 is 16.0 Å². The van der Waals surface area contributed by atoms with Crippen molar-refractivity contribution in [1.29, 1.82) is 0 Å². The quantitative estimate of drug-likeness (QED) is 0.712. The summed E-state index contributed by atoms with van der Waals surface area (Å²) in [5, 5.41) is 9.69. The molecule has 1 aliphatic carbocycles. The number of fused-ring (bicyclic) bond motifs is 1. The van der Waals surface area contributed by atoms with Gasteiger partial charge >= 0.3 is 0 Å². The highest BCUT2D eigenvalue weighted by Crippen LogP contribution is 2.21. The van der Waals surface area contributed by atoms with Gasteiger partial charge in [-0.25, -0.2) is 0 Å². The van der Waals surface area contributed by atoms with Crippen LogP contribution in [0.1, 0.15) is 17.5 Å². The maximum Gasteiger partial charge on any atom is 0.238 e. The van der Waals surface area contributed by atoms with Crippen LogP contribution in [0.25, 0.3) is 0 Å². The van der Waals surface area contributed by atoms with Gasteiger partial charge in [0.2, 0.25) is 5.91 Å². The smallest absolute Gasteiger partial charge is 0.238 e. The fourth-order valence-electron chi connectivity index (χ4n) is 2.96. The van der Waals surface area contributed by atoms with E-state index in [1.54, 1.807) is 0 Å². The number of hydrogen-bond acceptors (Lipinski definition) is 3. The predicted octanol–water partition coefficient (Wildman–Crippen LogP) is 0.222. The minimum atomic E-state index is -0.0779. The Morgan fingerprint density at radius 1 is 1.21 bits per heavy atom. The van der Waals surface area contributed by atoms with Gasteiger partial charge in [-0.15, -0.1) is 0 Å². The molecular formula is C15H21N3O. The van der Waals surface area contributed by atoms with Gasteiger partial charge in [-0.1, -0.05) is 24.3 Å². The first-order chi connectivity index (χ1) is 9.33. The van der Waals surface area contributed by atoms with Crippen LogP contribution in [0.4, 0.5) is 0 Å². The average Bonchev–Trinajstić information content (AvgIpc) is 2.48. The van der Waals surface area contributed by atoms with Crippen LogP contribution in [0, 0.1) is 0 Å². The molecule has 1 saturated heterocycles. The summed E-state index contributed by atoms with van der Waals surface area (Å²) in [4.78, 5) is 12.2. The highest BCUT2D eigenvalue weighted by atomic mass is 16.2. The molecule has 3 N–H and O–H groups in total. The predicted molar refractivity (Wildman–Crippen MR) is 75.1 cm³/mol. The van der Waals surface area contributed by atoms with Crippen molar-refractivity contribution in [2.75, 3.05) is 19.6 Å². The minimum absolute atomic E-state index is 0.0779. The van der Waals surface area contributed by atoms with Crippen LogP contribution in [0.3, 0.4) is 0 Å². The number of aryl methyl sites for hydroxylation is 1. The van der Waals surface area contributed by atoms with Crippen LogP contribution in [0.2, 0.25) is 0 Å². The zero-order valence-corrected chi connectivity index (χ0v) is 11.1. The van der Waals surface area contributed by atoms with Crippen LogP contribution in [0.15, 0.2) is 24.3 Å². The highest BCUT2D eigenvalue weighted by Gasteiger charge is 2.25. The van der Waals surface area contributed by atoms with E-state index in [0.29, 0.717) is 0 Å². The van der Waals surface area contributed by atoms with Crippen molar-refractivity contribution in [2.24, 2.45) is 0 Å². The summed E-state index contributed by atoms with van der Waals surface area (Å²) in [5.41, 5.74) is 2.82. The third-order valence-electron chi connectivity index (χ3n) is 4.05. The zero-order chi connectivity index (χ0) is 13.1. The van der Waals surface area contributed by atoms with Gasteiger partial charge in [0.15, 0.2) is 0 Å². The fourth-order valence-corrected chi connectivity index (χ4v) is 2.96. The molecular weight excluding hydrogens is 238 g/mol. The van der Waals surface area contributed by atoms with Crippen LogP contribution in [-0.4, -0.2) is 37.6 Å². The topological polar surface area (TPSA) is 53.2 Å². The number of rotatable bonds is 2. The molecule has 2 aliphatic rings. The van der Waals surface area contributed by atoms with Gasteiger partial charge in [0.25, 0.3) is 0 Å². The molecule has 4 nitrogen and oxygen atoms in total. The van der Waals surface area contributed by atoms with E-state index in [0.717, 1.165) is 38.9 Å². The number of hydrogen-bond donors (Lipinski definition) is 3. The Labute approximate surface area is 114 Å². The summed E-state index contributed by atoms with van der Waals surface area (Å²) >= 11 is 0. The van der Waals surface area contributed by atoms with E-state index in [1.165, 1.54) is 11.1 Å². The Bertz CT molecular complexity index is 454. The average molecular weight is 259 g/mol. The number of carbonyl (C=O) groups excluding carboxylic acids is 1. The molecule has 2 atom stereocenters. The molecule has 0 saturated carbocycles. The lowest BCUT2D eigenvalue weighted by molar-refractivity contribution is -0.124. The van der Waals surface area contributed by atoms with Crippen molar-refractivity contribution in [3.8, 4) is 0 Å². The summed E-state index contributed by atoms with van der Waals surface area (Å²) in [6, 6.07) is 8.75. The van der Waals surface area contributed by atoms with Crippen molar-refractivity contribution in [2.45, 2.75) is 31.3 Å². The summed E-state index contributed by atoms with van der Waals surface area (Å²) in [5.74, 6) is 0.136. The Morgan fingerprint density at radius 2 is 2.05 bits per heavy atom. The summed E-state index contributed by atoms with van der Waals surface area (Å²) < 4.78 is 0. The third-order valence-corrected chi connectivity index (χ3v) is 4.05. The van der Waals surface area contributed by atoms with E-state index in [9.17, 15) is 4.79 Å². The van der Waals surface area contributed by atoms with Crippen molar-refractivity contribution in [1.82, 2.24) is 16.0 Å². The summed E-state index contributed by atoms with van der Waals surface area (Å²) in [6.07, 6.45) is 3.07. The van der Waals surface area contributed by atoms with Crippen LogP contribution in [0.5, 0.6) is 0 Å². The molecule has 19 heavy (non-hydrogen) atoms. The first kappa shape index (κ1) is 12.6. The van der Waals surface area contributed by atoms with Crippen molar-refractivity contribution in [3.05, 3.63) is 35.4 Å². The van der Waals surface area contributed by atoms with Gasteiger partial charge in [0.1, 0.15) is 0 Å². The number of carbonyl (C=O) groups is 1. The molecule has 1 amide bonds. The third kappa shape index (κ3) is 2.96. The second-order valence-electron chi connectivity index (χ2n) is 5.43. The molecule has 0 aromatic heterocycles. The molecule has 1 fully saturated rings. The molecule has 102 valence electrons. The first-order valence-electron chi connectivity index (χ1n) is 7.14. The lowest BCUT2D eigenvalue weighted by Crippen LogP contribution is -2.57. The molecule has 1 aliphatic heterocycles. The largest absolute Gasteiger partial charge is 0.352 e. The Hall–Kier alpha value is -1.39. The molecule has 0 radical (unpaired) electrons. The molecule has 2 unspecified atom stereocenters. The molecule has 1 aromatic rings. The lowest BCUT2D eigenvalue weighted by atomic mass is 9.88. The highest BCUT2D eigenvalue weighted by molar-refractivity contribution is 5.82. The van der Waals surface area contributed by atoms with Crippen LogP contribution >= 0.6 is 0 Å². The molecule has 4 heteroatoms. The SMILES string of the molecule is O=C(NC1CCc2ccccc2C1)C1CNCCN1. The normalized spacial score (nSPS) is 26.5. The number of piperazine rings is 1. The monoisotopic (exact) mass is 259 g/mol. The van der Waals surface area contributed by atoms with Gasteiger partial charge in [0, 0.05) is 25.7 Å². The number of benzene rings is 1. The molecule has 0 spiro atoms. The molecule has 3 rings (SSSR count). The van der Waals surface area contributed by atoms with E-state index < -0.39 is 0 Å². The molecule has 1 heterocycles. The van der Waals surface area contributed by atoms with E-state index >= 15 is 0 Å². The Morgan fingerprint density at radius 3 is 2.84 bits per heavy atom. The maximum atomic E-state index is 12.2. The second kappa shape index (κ2) is 5.72. The van der Waals surface area contributed by atoms with Crippen LogP contribution in [-0.2, 0) is 17.6 Å². The van der Waals surface area contributed by atoms with E-state index in [1.807, 2.05) is 0 Å². The van der Waals surface area contributed by atoms with Crippen molar-refractivity contribution < 1.29 is 4.79 Å². The van der Waals surface area contributed by atoms with E-state index in [4.69, 9.17) is 0 Å². The van der Waals surface area contributed by atoms with Gasteiger partial charge in [0.05, 0.1) is 6.04 Å². The summed E-state index contributed by atoms with van der Waals surface area (Å²) in [6.45, 7) is 2.54. The van der Waals surface area contributed by atoms with E-state index in [-0.39, 0.29) is 18.0 Å². The zero-order valence-electron chi connectivity index (χ0n) is 11.1. The van der Waals surface area contributed by atoms with Gasteiger partial charge < -0.3 is 16.0 Å². The maximum absolute atomic E-state index is 12.2. The molecule has 0 bridgehead atoms. The Balaban J connectivity index is 1.58. The Kier molecular flexibility index (Phi) is 3.80. The molecule has 1 aromatic carbocycles. The number of amides is 1. The van der Waals surface area contributed by atoms with E-state index in [2.05, 4.69) is 40.2 Å². The van der Waals surface area contributed by atoms with Gasteiger partial charge in [-0.3, -0.25) is 4.79 Å². The second-order valence-corrected chi connectivity index (χ2v) is 5.43. The summed E-state index contributed by atoms with van der Waals surface area (Å²) in [7, 11) is 0. The fraction of sp³-hybridized carbons (Fsp3) is 0.533.